The molecule has 2 atom stereocenters. The average Bonchev–Trinajstić information content (AvgIpc) is 2.63. The third-order valence-electron chi connectivity index (χ3n) is 3.63. The second-order valence-corrected chi connectivity index (χ2v) is 5.44. The van der Waals surface area contributed by atoms with Crippen molar-refractivity contribution in [3.8, 4) is 0 Å². The van der Waals surface area contributed by atoms with E-state index >= 15 is 0 Å². The van der Waals surface area contributed by atoms with E-state index in [0.29, 0.717) is 6.04 Å². The monoisotopic (exact) mass is 248 g/mol. The van der Waals surface area contributed by atoms with Gasteiger partial charge in [-0.1, -0.05) is 6.92 Å². The molecule has 2 heterocycles. The van der Waals surface area contributed by atoms with Gasteiger partial charge < -0.3 is 10.2 Å². The Morgan fingerprint density at radius 2 is 2.00 bits per heavy atom. The first-order chi connectivity index (χ1) is 8.52. The molecule has 0 saturated carbocycles. The molecule has 1 N–H and O–H groups in total. The molecule has 1 aromatic heterocycles. The maximum atomic E-state index is 4.66. The van der Waals surface area contributed by atoms with Gasteiger partial charge in [-0.15, -0.1) is 0 Å². The number of anilines is 2. The normalized spacial score (nSPS) is 23.5. The predicted octanol–water partition coefficient (Wildman–Crippen LogP) is 2.76. The molecule has 2 rings (SSSR count). The van der Waals surface area contributed by atoms with Crippen molar-refractivity contribution in [3.05, 3.63) is 11.4 Å². The van der Waals surface area contributed by atoms with E-state index in [1.165, 1.54) is 12.0 Å². The number of hydrogen-bond donors (Lipinski definition) is 1. The summed E-state index contributed by atoms with van der Waals surface area (Å²) in [5.74, 6) is 3.68. The van der Waals surface area contributed by atoms with Crippen LogP contribution in [-0.4, -0.2) is 29.1 Å². The van der Waals surface area contributed by atoms with Gasteiger partial charge in [0.15, 0.2) is 0 Å². The largest absolute Gasteiger partial charge is 0.370 e. The van der Waals surface area contributed by atoms with E-state index in [1.807, 2.05) is 6.92 Å². The molecule has 0 amide bonds. The van der Waals surface area contributed by atoms with Crippen LogP contribution in [0, 0.1) is 19.8 Å². The minimum absolute atomic E-state index is 0.572. The molecule has 4 nitrogen and oxygen atoms in total. The van der Waals surface area contributed by atoms with Gasteiger partial charge >= 0.3 is 0 Å². The highest BCUT2D eigenvalue weighted by atomic mass is 15.2. The molecule has 1 aromatic rings. The lowest BCUT2D eigenvalue weighted by Gasteiger charge is -2.25. The van der Waals surface area contributed by atoms with E-state index in [1.54, 1.807) is 0 Å². The van der Waals surface area contributed by atoms with Gasteiger partial charge in [-0.05, 0) is 40.0 Å². The Morgan fingerprint density at radius 1 is 1.28 bits per heavy atom. The fraction of sp³-hybridized carbons (Fsp3) is 0.714. The summed E-state index contributed by atoms with van der Waals surface area (Å²) in [4.78, 5) is 11.6. The first-order valence-corrected chi connectivity index (χ1v) is 6.88. The number of nitrogens with one attached hydrogen (secondary N) is 1. The fourth-order valence-electron chi connectivity index (χ4n) is 2.83. The van der Waals surface area contributed by atoms with E-state index < -0.39 is 0 Å². The molecule has 1 saturated heterocycles. The lowest BCUT2D eigenvalue weighted by Crippen LogP contribution is -2.29. The Bertz CT molecular complexity index is 430. The Balaban J connectivity index is 2.38. The molecule has 2 unspecified atom stereocenters. The third-order valence-corrected chi connectivity index (χ3v) is 3.63. The average molecular weight is 248 g/mol. The van der Waals surface area contributed by atoms with E-state index in [4.69, 9.17) is 0 Å². The molecule has 4 heteroatoms. The van der Waals surface area contributed by atoms with Gasteiger partial charge in [0.25, 0.3) is 0 Å². The third kappa shape index (κ3) is 2.42. The summed E-state index contributed by atoms with van der Waals surface area (Å²) >= 11 is 0. The molecule has 0 radical (unpaired) electrons. The molecule has 1 fully saturated rings. The summed E-state index contributed by atoms with van der Waals surface area (Å²) in [7, 11) is 0. The molecule has 0 aromatic carbocycles. The highest BCUT2D eigenvalue weighted by molar-refractivity contribution is 5.59. The number of aryl methyl sites for hydroxylation is 1. The Kier molecular flexibility index (Phi) is 3.73. The molecular formula is C14H24N4. The van der Waals surface area contributed by atoms with Crippen LogP contribution in [0.25, 0.3) is 0 Å². The lowest BCUT2D eigenvalue weighted by molar-refractivity contribution is 0.625. The van der Waals surface area contributed by atoms with Crippen LogP contribution in [-0.2, 0) is 0 Å². The summed E-state index contributed by atoms with van der Waals surface area (Å²) in [6.45, 7) is 12.8. The zero-order valence-electron chi connectivity index (χ0n) is 12.1. The zero-order chi connectivity index (χ0) is 13.3. The van der Waals surface area contributed by atoms with Crippen LogP contribution in [0.3, 0.4) is 0 Å². The minimum atomic E-state index is 0.572. The van der Waals surface area contributed by atoms with Gasteiger partial charge in [-0.25, -0.2) is 9.97 Å². The molecule has 1 aliphatic heterocycles. The van der Waals surface area contributed by atoms with Crippen LogP contribution in [0.5, 0.6) is 0 Å². The van der Waals surface area contributed by atoms with Crippen LogP contribution in [0.15, 0.2) is 0 Å². The highest BCUT2D eigenvalue weighted by Crippen LogP contribution is 2.31. The van der Waals surface area contributed by atoms with Crippen molar-refractivity contribution in [2.24, 2.45) is 5.92 Å². The summed E-state index contributed by atoms with van der Waals surface area (Å²) in [6, 6.07) is 0.572. The van der Waals surface area contributed by atoms with E-state index in [-0.39, 0.29) is 0 Å². The quantitative estimate of drug-likeness (QED) is 0.893. The number of rotatable bonds is 3. The molecule has 1 aliphatic rings. The van der Waals surface area contributed by atoms with Crippen molar-refractivity contribution < 1.29 is 0 Å². The van der Waals surface area contributed by atoms with Crippen molar-refractivity contribution in [1.29, 1.82) is 0 Å². The fourth-order valence-corrected chi connectivity index (χ4v) is 2.83. The van der Waals surface area contributed by atoms with E-state index in [9.17, 15) is 0 Å². The maximum Gasteiger partial charge on any atom is 0.137 e. The summed E-state index contributed by atoms with van der Waals surface area (Å²) in [6.07, 6.45) is 1.25. The summed E-state index contributed by atoms with van der Waals surface area (Å²) < 4.78 is 0. The second kappa shape index (κ2) is 5.12. The van der Waals surface area contributed by atoms with Crippen molar-refractivity contribution in [2.75, 3.05) is 23.3 Å². The number of nitrogens with zero attached hydrogens (tertiary/aromatic N) is 3. The first kappa shape index (κ1) is 13.1. The standard InChI is InChI=1S/C14H24N4/c1-6-15-13-11(4)14(17-12(5)16-13)18-8-9(2)7-10(18)3/h9-10H,6-8H2,1-5H3,(H,15,16,17). The second-order valence-electron chi connectivity index (χ2n) is 5.44. The minimum Gasteiger partial charge on any atom is -0.370 e. The van der Waals surface area contributed by atoms with Gasteiger partial charge in [-0.2, -0.15) is 0 Å². The molecule has 0 spiro atoms. The highest BCUT2D eigenvalue weighted by Gasteiger charge is 2.29. The zero-order valence-corrected chi connectivity index (χ0v) is 12.1. The predicted molar refractivity (Wildman–Crippen MR) is 76.3 cm³/mol. The molecule has 0 bridgehead atoms. The SMILES string of the molecule is CCNc1nc(C)nc(N2CC(C)CC2C)c1C. The van der Waals surface area contributed by atoms with Gasteiger partial charge in [0, 0.05) is 24.7 Å². The van der Waals surface area contributed by atoms with Crippen molar-refractivity contribution >= 4 is 11.6 Å². The van der Waals surface area contributed by atoms with Crippen molar-refractivity contribution in [1.82, 2.24) is 9.97 Å². The molecular weight excluding hydrogens is 224 g/mol. The summed E-state index contributed by atoms with van der Waals surface area (Å²) in [5, 5.41) is 3.33. The van der Waals surface area contributed by atoms with Crippen LogP contribution < -0.4 is 10.2 Å². The topological polar surface area (TPSA) is 41.1 Å². The van der Waals surface area contributed by atoms with Gasteiger partial charge in [0.2, 0.25) is 0 Å². The van der Waals surface area contributed by atoms with Gasteiger partial charge in [-0.3, -0.25) is 0 Å². The molecule has 18 heavy (non-hydrogen) atoms. The van der Waals surface area contributed by atoms with E-state index in [2.05, 4.69) is 47.9 Å². The van der Waals surface area contributed by atoms with Gasteiger partial charge in [0.1, 0.15) is 17.5 Å². The van der Waals surface area contributed by atoms with Crippen LogP contribution >= 0.6 is 0 Å². The maximum absolute atomic E-state index is 4.66. The number of aromatic nitrogens is 2. The first-order valence-electron chi connectivity index (χ1n) is 6.88. The molecule has 0 aliphatic carbocycles. The van der Waals surface area contributed by atoms with Crippen LogP contribution in [0.2, 0.25) is 0 Å². The van der Waals surface area contributed by atoms with Crippen molar-refractivity contribution in [2.45, 2.75) is 47.1 Å². The van der Waals surface area contributed by atoms with Crippen LogP contribution in [0.4, 0.5) is 11.6 Å². The number of hydrogen-bond acceptors (Lipinski definition) is 4. The lowest BCUT2D eigenvalue weighted by atomic mass is 10.1. The van der Waals surface area contributed by atoms with E-state index in [0.717, 1.165) is 36.5 Å². The summed E-state index contributed by atoms with van der Waals surface area (Å²) in [5.41, 5.74) is 1.17. The van der Waals surface area contributed by atoms with Crippen molar-refractivity contribution in [3.63, 3.8) is 0 Å². The van der Waals surface area contributed by atoms with Crippen LogP contribution in [0.1, 0.15) is 38.6 Å². The Hall–Kier alpha value is -1.32. The Morgan fingerprint density at radius 3 is 2.56 bits per heavy atom. The van der Waals surface area contributed by atoms with Gasteiger partial charge in [0.05, 0.1) is 0 Å². The Labute approximate surface area is 110 Å². The smallest absolute Gasteiger partial charge is 0.137 e. The molecule has 100 valence electrons.